The fourth-order valence-electron chi connectivity index (χ4n) is 2.65. The van der Waals surface area contributed by atoms with Gasteiger partial charge in [0, 0.05) is 23.2 Å². The Morgan fingerprint density at radius 1 is 0.964 bits per heavy atom. The van der Waals surface area contributed by atoms with Crippen molar-refractivity contribution in [1.29, 1.82) is 0 Å². The molecule has 4 nitrogen and oxygen atoms in total. The molecule has 0 unspecified atom stereocenters. The molecule has 0 saturated heterocycles. The van der Waals surface area contributed by atoms with Crippen LogP contribution in [0.25, 0.3) is 0 Å². The third-order valence-corrected chi connectivity index (χ3v) is 4.02. The number of carbonyl (C=O) groups is 1. The maximum atomic E-state index is 12.2. The van der Waals surface area contributed by atoms with Crippen molar-refractivity contribution in [2.45, 2.75) is 26.2 Å². The quantitative estimate of drug-likeness (QED) is 0.648. The van der Waals surface area contributed by atoms with Gasteiger partial charge in [0.1, 0.15) is 11.4 Å². The first-order valence-electron chi connectivity index (χ1n) is 9.04. The van der Waals surface area contributed by atoms with E-state index in [1.54, 1.807) is 18.3 Å². The lowest BCUT2D eigenvalue weighted by Crippen LogP contribution is -2.13. The van der Waals surface area contributed by atoms with Gasteiger partial charge in [-0.2, -0.15) is 0 Å². The number of anilines is 1. The SMILES string of the molecule is CC(C)(C)c1ccccc1Oc1ncccc1NC(=O)C#Cc1ccccc1. The fourth-order valence-corrected chi connectivity index (χ4v) is 2.65. The molecule has 1 amide bonds. The lowest BCUT2D eigenvalue weighted by molar-refractivity contribution is -0.111. The zero-order valence-corrected chi connectivity index (χ0v) is 16.2. The second kappa shape index (κ2) is 8.41. The van der Waals surface area contributed by atoms with Gasteiger partial charge in [-0.25, -0.2) is 4.98 Å². The van der Waals surface area contributed by atoms with E-state index in [1.165, 1.54) is 0 Å². The minimum atomic E-state index is -0.425. The molecule has 3 rings (SSSR count). The van der Waals surface area contributed by atoms with Crippen LogP contribution in [-0.4, -0.2) is 10.9 Å². The lowest BCUT2D eigenvalue weighted by atomic mass is 9.86. The molecule has 140 valence electrons. The zero-order valence-electron chi connectivity index (χ0n) is 16.2. The molecule has 0 saturated carbocycles. The van der Waals surface area contributed by atoms with Gasteiger partial charge in [0.05, 0.1) is 0 Å². The summed E-state index contributed by atoms with van der Waals surface area (Å²) in [5, 5.41) is 2.76. The second-order valence-electron chi connectivity index (χ2n) is 7.27. The van der Waals surface area contributed by atoms with Gasteiger partial charge in [0.15, 0.2) is 0 Å². The molecule has 0 aliphatic rings. The molecular formula is C24H22N2O2. The number of carbonyl (C=O) groups excluding carboxylic acids is 1. The molecule has 4 heteroatoms. The minimum Gasteiger partial charge on any atom is -0.437 e. The van der Waals surface area contributed by atoms with E-state index < -0.39 is 5.91 Å². The summed E-state index contributed by atoms with van der Waals surface area (Å²) in [4.78, 5) is 16.5. The molecule has 0 spiro atoms. The molecule has 0 aliphatic heterocycles. The minimum absolute atomic E-state index is 0.0874. The molecule has 1 N–H and O–H groups in total. The highest BCUT2D eigenvalue weighted by atomic mass is 16.5. The van der Waals surface area contributed by atoms with E-state index in [0.29, 0.717) is 17.3 Å². The molecule has 28 heavy (non-hydrogen) atoms. The highest BCUT2D eigenvalue weighted by Crippen LogP contribution is 2.35. The number of pyridine rings is 1. The van der Waals surface area contributed by atoms with Gasteiger partial charge in [0.25, 0.3) is 0 Å². The van der Waals surface area contributed by atoms with Crippen LogP contribution in [0.1, 0.15) is 31.9 Å². The van der Waals surface area contributed by atoms with Crippen LogP contribution in [-0.2, 0) is 10.2 Å². The molecule has 0 atom stereocenters. The number of hydrogen-bond acceptors (Lipinski definition) is 3. The summed E-state index contributed by atoms with van der Waals surface area (Å²) >= 11 is 0. The first kappa shape index (κ1) is 19.2. The van der Waals surface area contributed by atoms with Crippen LogP contribution < -0.4 is 10.1 Å². The first-order valence-corrected chi connectivity index (χ1v) is 9.04. The van der Waals surface area contributed by atoms with Gasteiger partial charge in [-0.3, -0.25) is 4.79 Å². The van der Waals surface area contributed by atoms with Crippen LogP contribution in [0, 0.1) is 11.8 Å². The third kappa shape index (κ3) is 4.99. The zero-order chi connectivity index (χ0) is 20.0. The normalized spacial score (nSPS) is 10.5. The van der Waals surface area contributed by atoms with Gasteiger partial charge in [-0.15, -0.1) is 0 Å². The Bertz CT molecular complexity index is 1030. The molecule has 0 bridgehead atoms. The van der Waals surface area contributed by atoms with Crippen LogP contribution in [0.5, 0.6) is 11.6 Å². The van der Waals surface area contributed by atoms with E-state index in [9.17, 15) is 4.79 Å². The average Bonchev–Trinajstić information content (AvgIpc) is 2.68. The Hall–Kier alpha value is -3.58. The number of benzene rings is 2. The number of para-hydroxylation sites is 1. The average molecular weight is 370 g/mol. The lowest BCUT2D eigenvalue weighted by Gasteiger charge is -2.22. The Morgan fingerprint density at radius 2 is 1.68 bits per heavy atom. The summed E-state index contributed by atoms with van der Waals surface area (Å²) in [5.74, 6) is 6.04. The molecule has 3 aromatic rings. The van der Waals surface area contributed by atoms with E-state index >= 15 is 0 Å². The number of amides is 1. The van der Waals surface area contributed by atoms with Crippen molar-refractivity contribution in [3.05, 3.63) is 84.1 Å². The molecule has 1 heterocycles. The van der Waals surface area contributed by atoms with E-state index in [1.807, 2.05) is 54.6 Å². The Balaban J connectivity index is 1.81. The summed E-state index contributed by atoms with van der Waals surface area (Å²) in [6.45, 7) is 6.36. The van der Waals surface area contributed by atoms with E-state index in [2.05, 4.69) is 42.9 Å². The maximum Gasteiger partial charge on any atom is 0.300 e. The molecule has 0 aliphatic carbocycles. The van der Waals surface area contributed by atoms with Crippen LogP contribution in [0.2, 0.25) is 0 Å². The summed E-state index contributed by atoms with van der Waals surface area (Å²) in [6, 6.07) is 20.7. The van der Waals surface area contributed by atoms with Gasteiger partial charge in [0.2, 0.25) is 5.88 Å². The van der Waals surface area contributed by atoms with Gasteiger partial charge in [-0.05, 0) is 35.7 Å². The van der Waals surface area contributed by atoms with E-state index in [4.69, 9.17) is 4.74 Å². The van der Waals surface area contributed by atoms with Crippen molar-refractivity contribution >= 4 is 11.6 Å². The first-order chi connectivity index (χ1) is 13.4. The van der Waals surface area contributed by atoms with Crippen molar-refractivity contribution in [2.75, 3.05) is 5.32 Å². The van der Waals surface area contributed by atoms with Crippen molar-refractivity contribution in [1.82, 2.24) is 4.98 Å². The van der Waals surface area contributed by atoms with Gasteiger partial charge >= 0.3 is 5.91 Å². The maximum absolute atomic E-state index is 12.2. The third-order valence-electron chi connectivity index (χ3n) is 4.02. The largest absolute Gasteiger partial charge is 0.437 e. The van der Waals surface area contributed by atoms with Crippen LogP contribution >= 0.6 is 0 Å². The number of ether oxygens (including phenoxy) is 1. The molecular weight excluding hydrogens is 348 g/mol. The molecule has 0 radical (unpaired) electrons. The van der Waals surface area contributed by atoms with Crippen LogP contribution in [0.15, 0.2) is 72.9 Å². The van der Waals surface area contributed by atoms with Gasteiger partial charge < -0.3 is 10.1 Å². The summed E-state index contributed by atoms with van der Waals surface area (Å²) in [5.41, 5.74) is 2.22. The molecule has 2 aromatic carbocycles. The number of nitrogens with one attached hydrogen (secondary N) is 1. The number of aromatic nitrogens is 1. The van der Waals surface area contributed by atoms with Crippen LogP contribution in [0.3, 0.4) is 0 Å². The van der Waals surface area contributed by atoms with Crippen molar-refractivity contribution in [2.24, 2.45) is 0 Å². The second-order valence-corrected chi connectivity index (χ2v) is 7.27. The van der Waals surface area contributed by atoms with Gasteiger partial charge in [-0.1, -0.05) is 63.1 Å². The standard InChI is InChI=1S/C24H22N2O2/c1-24(2,3)19-12-7-8-14-21(19)28-23-20(13-9-17-25-23)26-22(27)16-15-18-10-5-4-6-11-18/h4-14,17H,1-3H3,(H,26,27). The number of rotatable bonds is 3. The Labute approximate surface area is 165 Å². The molecule has 0 fully saturated rings. The predicted octanol–water partition coefficient (Wildman–Crippen LogP) is 5.16. The summed E-state index contributed by atoms with van der Waals surface area (Å²) in [6.07, 6.45) is 1.63. The Morgan fingerprint density at radius 3 is 2.43 bits per heavy atom. The molecule has 1 aromatic heterocycles. The fraction of sp³-hybridized carbons (Fsp3) is 0.167. The summed E-state index contributed by atoms with van der Waals surface area (Å²) in [7, 11) is 0. The summed E-state index contributed by atoms with van der Waals surface area (Å²) < 4.78 is 6.06. The van der Waals surface area contributed by atoms with E-state index in [0.717, 1.165) is 11.1 Å². The monoisotopic (exact) mass is 370 g/mol. The highest BCUT2D eigenvalue weighted by Gasteiger charge is 2.20. The topological polar surface area (TPSA) is 51.2 Å². The number of nitrogens with zero attached hydrogens (tertiary/aromatic N) is 1. The smallest absolute Gasteiger partial charge is 0.300 e. The van der Waals surface area contributed by atoms with Crippen molar-refractivity contribution < 1.29 is 9.53 Å². The van der Waals surface area contributed by atoms with Crippen molar-refractivity contribution in [3.8, 4) is 23.5 Å². The van der Waals surface area contributed by atoms with Crippen molar-refractivity contribution in [3.63, 3.8) is 0 Å². The van der Waals surface area contributed by atoms with Crippen LogP contribution in [0.4, 0.5) is 5.69 Å². The number of hydrogen-bond donors (Lipinski definition) is 1. The Kier molecular flexibility index (Phi) is 5.76. The predicted molar refractivity (Wildman–Crippen MR) is 111 cm³/mol. The van der Waals surface area contributed by atoms with E-state index in [-0.39, 0.29) is 5.41 Å². The highest BCUT2D eigenvalue weighted by molar-refractivity contribution is 6.04.